The third kappa shape index (κ3) is 4.34. The van der Waals surface area contributed by atoms with Crippen LogP contribution in [0, 0.1) is 17.0 Å². The van der Waals surface area contributed by atoms with Gasteiger partial charge >= 0.3 is 0 Å². The number of benzene rings is 3. The minimum absolute atomic E-state index is 0.00510. The molecular formula is C24H19N3O5. The van der Waals surface area contributed by atoms with Crippen molar-refractivity contribution in [3.63, 3.8) is 0 Å². The zero-order chi connectivity index (χ0) is 22.7. The van der Waals surface area contributed by atoms with E-state index in [0.717, 1.165) is 16.1 Å². The molecule has 0 bridgehead atoms. The minimum atomic E-state index is -0.671. The van der Waals surface area contributed by atoms with Crippen molar-refractivity contribution in [2.45, 2.75) is 13.5 Å². The van der Waals surface area contributed by atoms with E-state index >= 15 is 0 Å². The highest BCUT2D eigenvalue weighted by atomic mass is 16.6. The Kier molecular flexibility index (Phi) is 5.67. The van der Waals surface area contributed by atoms with E-state index in [4.69, 9.17) is 4.74 Å². The number of para-hydroxylation sites is 2. The van der Waals surface area contributed by atoms with Crippen molar-refractivity contribution in [2.24, 2.45) is 0 Å². The number of amides is 2. The summed E-state index contributed by atoms with van der Waals surface area (Å²) in [6.45, 7) is 2.39. The standard InChI is InChI=1S/C24H19N3O5/c1-16-6-4-8-18(12-16)15-32-19-9-5-7-17(13-19)14-20-23(28)25-26(24(20)29)21-10-2-3-11-22(21)27(30)31/h2-14H,15H2,1H3,(H,25,28)/b20-14+. The number of nitro benzene ring substituents is 1. The smallest absolute Gasteiger partial charge is 0.294 e. The number of carbonyl (C=O) groups is 2. The minimum Gasteiger partial charge on any atom is -0.489 e. The first-order valence-electron chi connectivity index (χ1n) is 9.81. The van der Waals surface area contributed by atoms with Crippen molar-refractivity contribution in [2.75, 3.05) is 5.01 Å². The Morgan fingerprint density at radius 3 is 2.59 bits per heavy atom. The molecule has 160 valence electrons. The van der Waals surface area contributed by atoms with Gasteiger partial charge in [-0.2, -0.15) is 0 Å². The highest BCUT2D eigenvalue weighted by molar-refractivity contribution is 6.32. The number of hydrazine groups is 1. The number of anilines is 1. The fourth-order valence-electron chi connectivity index (χ4n) is 3.36. The molecule has 0 atom stereocenters. The molecular weight excluding hydrogens is 410 g/mol. The van der Waals surface area contributed by atoms with E-state index in [2.05, 4.69) is 5.43 Å². The van der Waals surface area contributed by atoms with Crippen LogP contribution < -0.4 is 15.2 Å². The zero-order valence-electron chi connectivity index (χ0n) is 17.1. The van der Waals surface area contributed by atoms with E-state index in [1.54, 1.807) is 30.3 Å². The number of ether oxygens (including phenoxy) is 1. The number of nitrogens with one attached hydrogen (secondary N) is 1. The molecule has 3 aromatic rings. The summed E-state index contributed by atoms with van der Waals surface area (Å²) >= 11 is 0. The van der Waals surface area contributed by atoms with E-state index in [0.29, 0.717) is 17.9 Å². The number of hydrogen-bond acceptors (Lipinski definition) is 5. The summed E-state index contributed by atoms with van der Waals surface area (Å²) in [6, 6.07) is 20.7. The number of rotatable bonds is 6. The molecule has 1 fully saturated rings. The van der Waals surface area contributed by atoms with Gasteiger partial charge in [0.2, 0.25) is 0 Å². The van der Waals surface area contributed by atoms with Gasteiger partial charge in [-0.25, -0.2) is 5.01 Å². The molecule has 8 nitrogen and oxygen atoms in total. The van der Waals surface area contributed by atoms with Crippen LogP contribution in [0.5, 0.6) is 5.75 Å². The van der Waals surface area contributed by atoms with Crippen molar-refractivity contribution >= 4 is 29.3 Å². The molecule has 0 radical (unpaired) electrons. The van der Waals surface area contributed by atoms with Gasteiger partial charge in [0.05, 0.1) is 4.92 Å². The quantitative estimate of drug-likeness (QED) is 0.277. The lowest BCUT2D eigenvalue weighted by Gasteiger charge is -2.14. The SMILES string of the molecule is Cc1cccc(COc2cccc(/C=C3\C(=O)NN(c4ccccc4[N+](=O)[O-])C3=O)c2)c1. The molecule has 4 rings (SSSR count). The van der Waals surface area contributed by atoms with Crippen LogP contribution in [0.4, 0.5) is 11.4 Å². The second kappa shape index (κ2) is 8.73. The summed E-state index contributed by atoms with van der Waals surface area (Å²) in [4.78, 5) is 36.0. The first-order valence-corrected chi connectivity index (χ1v) is 9.81. The van der Waals surface area contributed by atoms with Crippen molar-refractivity contribution in [1.29, 1.82) is 0 Å². The van der Waals surface area contributed by atoms with Gasteiger partial charge in [-0.1, -0.05) is 54.1 Å². The largest absolute Gasteiger partial charge is 0.489 e. The Morgan fingerprint density at radius 1 is 1.03 bits per heavy atom. The molecule has 32 heavy (non-hydrogen) atoms. The normalized spacial score (nSPS) is 14.5. The van der Waals surface area contributed by atoms with Crippen LogP contribution in [-0.2, 0) is 16.2 Å². The van der Waals surface area contributed by atoms with E-state index in [9.17, 15) is 19.7 Å². The topological polar surface area (TPSA) is 102 Å². The molecule has 0 saturated carbocycles. The van der Waals surface area contributed by atoms with Gasteiger partial charge in [0.25, 0.3) is 17.5 Å². The van der Waals surface area contributed by atoms with Gasteiger partial charge in [-0.05, 0) is 42.3 Å². The van der Waals surface area contributed by atoms with Crippen LogP contribution in [0.25, 0.3) is 6.08 Å². The van der Waals surface area contributed by atoms with Crippen molar-refractivity contribution in [3.05, 3.63) is 105 Å². The molecule has 0 aromatic heterocycles. The van der Waals surface area contributed by atoms with Crippen LogP contribution in [-0.4, -0.2) is 16.7 Å². The van der Waals surface area contributed by atoms with Crippen LogP contribution in [0.3, 0.4) is 0 Å². The van der Waals surface area contributed by atoms with Crippen molar-refractivity contribution in [3.8, 4) is 5.75 Å². The maximum absolute atomic E-state index is 12.8. The molecule has 1 aliphatic heterocycles. The predicted molar refractivity (Wildman–Crippen MR) is 119 cm³/mol. The Morgan fingerprint density at radius 2 is 1.81 bits per heavy atom. The van der Waals surface area contributed by atoms with Crippen LogP contribution in [0.2, 0.25) is 0 Å². The van der Waals surface area contributed by atoms with E-state index in [1.165, 1.54) is 24.3 Å². The number of aryl methyl sites for hydroxylation is 1. The third-order valence-corrected chi connectivity index (χ3v) is 4.87. The Hall–Kier alpha value is -4.46. The van der Waals surface area contributed by atoms with E-state index in [-0.39, 0.29) is 16.9 Å². The van der Waals surface area contributed by atoms with Crippen LogP contribution in [0.1, 0.15) is 16.7 Å². The van der Waals surface area contributed by atoms with Gasteiger partial charge in [0.1, 0.15) is 23.6 Å². The number of carbonyl (C=O) groups excluding carboxylic acids is 2. The lowest BCUT2D eigenvalue weighted by atomic mass is 10.1. The average molecular weight is 429 g/mol. The van der Waals surface area contributed by atoms with Gasteiger partial charge < -0.3 is 4.74 Å². The Bertz CT molecular complexity index is 1250. The maximum Gasteiger partial charge on any atom is 0.294 e. The lowest BCUT2D eigenvalue weighted by molar-refractivity contribution is -0.384. The number of nitrogens with zero attached hydrogens (tertiary/aromatic N) is 2. The first-order chi connectivity index (χ1) is 15.4. The molecule has 1 heterocycles. The Balaban J connectivity index is 1.55. The molecule has 8 heteroatoms. The zero-order valence-corrected chi connectivity index (χ0v) is 17.1. The molecule has 1 N–H and O–H groups in total. The van der Waals surface area contributed by atoms with Gasteiger partial charge in [-0.3, -0.25) is 25.1 Å². The summed E-state index contributed by atoms with van der Waals surface area (Å²) in [5, 5.41) is 12.2. The van der Waals surface area contributed by atoms with Gasteiger partial charge in [0.15, 0.2) is 0 Å². The van der Waals surface area contributed by atoms with E-state index < -0.39 is 16.7 Å². The lowest BCUT2D eigenvalue weighted by Crippen LogP contribution is -2.36. The van der Waals surface area contributed by atoms with Crippen LogP contribution >= 0.6 is 0 Å². The third-order valence-electron chi connectivity index (χ3n) is 4.87. The molecule has 0 aliphatic carbocycles. The predicted octanol–water partition coefficient (Wildman–Crippen LogP) is 3.94. The second-order valence-corrected chi connectivity index (χ2v) is 7.24. The summed E-state index contributed by atoms with van der Waals surface area (Å²) < 4.78 is 5.84. The molecule has 1 saturated heterocycles. The molecule has 1 aliphatic rings. The summed E-state index contributed by atoms with van der Waals surface area (Å²) in [5.74, 6) is -0.725. The molecule has 3 aromatic carbocycles. The highest BCUT2D eigenvalue weighted by Gasteiger charge is 2.37. The second-order valence-electron chi connectivity index (χ2n) is 7.24. The molecule has 0 unspecified atom stereocenters. The monoisotopic (exact) mass is 429 g/mol. The maximum atomic E-state index is 12.8. The fourth-order valence-corrected chi connectivity index (χ4v) is 3.36. The van der Waals surface area contributed by atoms with Crippen molar-refractivity contribution in [1.82, 2.24) is 5.43 Å². The summed E-state index contributed by atoms with van der Waals surface area (Å²) in [6.07, 6.45) is 1.44. The summed E-state index contributed by atoms with van der Waals surface area (Å²) in [5.41, 5.74) is 4.74. The average Bonchev–Trinajstić information content (AvgIpc) is 3.06. The molecule has 0 spiro atoms. The summed E-state index contributed by atoms with van der Waals surface area (Å²) in [7, 11) is 0. The highest BCUT2D eigenvalue weighted by Crippen LogP contribution is 2.30. The van der Waals surface area contributed by atoms with Crippen LogP contribution in [0.15, 0.2) is 78.4 Å². The molecule has 2 amide bonds. The van der Waals surface area contributed by atoms with Gasteiger partial charge in [0, 0.05) is 6.07 Å². The first kappa shape index (κ1) is 20.8. The van der Waals surface area contributed by atoms with Crippen molar-refractivity contribution < 1.29 is 19.2 Å². The van der Waals surface area contributed by atoms with Gasteiger partial charge in [-0.15, -0.1) is 0 Å². The number of hydrogen-bond donors (Lipinski definition) is 1. The number of nitro groups is 1. The fraction of sp³-hybridized carbons (Fsp3) is 0.0833. The van der Waals surface area contributed by atoms with E-state index in [1.807, 2.05) is 31.2 Å². The Labute approximate surface area is 183 Å².